The van der Waals surface area contributed by atoms with Crippen LogP contribution in [0.15, 0.2) is 0 Å². The van der Waals surface area contributed by atoms with Crippen LogP contribution in [0.3, 0.4) is 0 Å². The number of hydrogen-bond acceptors (Lipinski definition) is 3. The Morgan fingerprint density at radius 3 is 2.08 bits per heavy atom. The van der Waals surface area contributed by atoms with Gasteiger partial charge in [-0.05, 0) is 11.8 Å². The fraction of sp³-hybridized carbons (Fsp3) is 0.778. The number of esters is 1. The molecule has 0 aliphatic carbocycles. The van der Waals surface area contributed by atoms with E-state index in [1.165, 1.54) is 7.11 Å². The molecule has 0 aromatic heterocycles. The Labute approximate surface area is 77.9 Å². The standard InChI is InChI=1S/C9H16O4/c1-6(4-8(10)11)7(2)5-9(12)13-3/h6-7H,4-5H2,1-3H3,(H,10,11)/t6-,7+/m0/s1. The fourth-order valence-electron chi connectivity index (χ4n) is 1.02. The smallest absolute Gasteiger partial charge is 0.305 e. The predicted octanol–water partition coefficient (Wildman–Crippen LogP) is 1.30. The lowest BCUT2D eigenvalue weighted by Crippen LogP contribution is -2.17. The first-order chi connectivity index (χ1) is 5.97. The number of carboxylic acid groups (broad SMARTS) is 1. The van der Waals surface area contributed by atoms with E-state index < -0.39 is 5.97 Å². The maximum Gasteiger partial charge on any atom is 0.305 e. The summed E-state index contributed by atoms with van der Waals surface area (Å²) in [5, 5.41) is 8.51. The van der Waals surface area contributed by atoms with Crippen molar-refractivity contribution in [2.75, 3.05) is 7.11 Å². The molecular weight excluding hydrogens is 172 g/mol. The fourth-order valence-corrected chi connectivity index (χ4v) is 1.02. The molecule has 0 aromatic rings. The van der Waals surface area contributed by atoms with Gasteiger partial charge in [-0.25, -0.2) is 0 Å². The van der Waals surface area contributed by atoms with E-state index in [1.54, 1.807) is 0 Å². The number of carbonyl (C=O) groups is 2. The van der Waals surface area contributed by atoms with E-state index in [9.17, 15) is 9.59 Å². The van der Waals surface area contributed by atoms with Crippen molar-refractivity contribution in [2.45, 2.75) is 26.7 Å². The number of carboxylic acids is 1. The average molecular weight is 188 g/mol. The normalized spacial score (nSPS) is 14.7. The van der Waals surface area contributed by atoms with Gasteiger partial charge in [-0.15, -0.1) is 0 Å². The van der Waals surface area contributed by atoms with Crippen molar-refractivity contribution in [2.24, 2.45) is 11.8 Å². The first kappa shape index (κ1) is 11.9. The van der Waals surface area contributed by atoms with Crippen LogP contribution >= 0.6 is 0 Å². The average Bonchev–Trinajstić information content (AvgIpc) is 2.02. The van der Waals surface area contributed by atoms with Gasteiger partial charge in [0, 0.05) is 12.8 Å². The summed E-state index contributed by atoms with van der Waals surface area (Å²) in [5.41, 5.74) is 0. The van der Waals surface area contributed by atoms with E-state index in [4.69, 9.17) is 5.11 Å². The number of rotatable bonds is 5. The topological polar surface area (TPSA) is 63.6 Å². The summed E-state index contributed by atoms with van der Waals surface area (Å²) in [6.07, 6.45) is 0.378. The molecule has 4 heteroatoms. The van der Waals surface area contributed by atoms with E-state index in [2.05, 4.69) is 4.74 Å². The van der Waals surface area contributed by atoms with Crippen LogP contribution in [0.1, 0.15) is 26.7 Å². The van der Waals surface area contributed by atoms with Gasteiger partial charge in [-0.2, -0.15) is 0 Å². The van der Waals surface area contributed by atoms with Crippen LogP contribution in [0.5, 0.6) is 0 Å². The highest BCUT2D eigenvalue weighted by molar-refractivity contribution is 5.70. The lowest BCUT2D eigenvalue weighted by atomic mass is 9.90. The summed E-state index contributed by atoms with van der Waals surface area (Å²) in [5.74, 6) is -1.07. The molecule has 0 saturated carbocycles. The summed E-state index contributed by atoms with van der Waals surface area (Å²) in [6.45, 7) is 3.67. The molecule has 2 atom stereocenters. The first-order valence-electron chi connectivity index (χ1n) is 4.26. The van der Waals surface area contributed by atoms with Gasteiger partial charge in [0.2, 0.25) is 0 Å². The summed E-state index contributed by atoms with van der Waals surface area (Å²) < 4.78 is 4.49. The van der Waals surface area contributed by atoms with Crippen molar-refractivity contribution in [1.29, 1.82) is 0 Å². The van der Waals surface area contributed by atoms with Gasteiger partial charge in [0.1, 0.15) is 0 Å². The first-order valence-corrected chi connectivity index (χ1v) is 4.26. The van der Waals surface area contributed by atoms with Crippen LogP contribution in [-0.4, -0.2) is 24.2 Å². The largest absolute Gasteiger partial charge is 0.481 e. The minimum absolute atomic E-state index is 0.00315. The van der Waals surface area contributed by atoms with E-state index in [1.807, 2.05) is 13.8 Å². The Morgan fingerprint density at radius 1 is 1.23 bits per heavy atom. The van der Waals surface area contributed by atoms with Crippen molar-refractivity contribution in [3.63, 3.8) is 0 Å². The zero-order chi connectivity index (χ0) is 10.4. The Kier molecular flexibility index (Phi) is 5.11. The van der Waals surface area contributed by atoms with Gasteiger partial charge >= 0.3 is 11.9 Å². The van der Waals surface area contributed by atoms with Crippen LogP contribution in [0, 0.1) is 11.8 Å². The second-order valence-electron chi connectivity index (χ2n) is 3.33. The van der Waals surface area contributed by atoms with Crippen LogP contribution in [-0.2, 0) is 14.3 Å². The van der Waals surface area contributed by atoms with E-state index in [-0.39, 0.29) is 30.6 Å². The molecule has 0 spiro atoms. The molecule has 0 saturated heterocycles. The second-order valence-corrected chi connectivity index (χ2v) is 3.33. The number of ether oxygens (including phenoxy) is 1. The van der Waals surface area contributed by atoms with Gasteiger partial charge in [0.25, 0.3) is 0 Å². The second kappa shape index (κ2) is 5.56. The number of aliphatic carboxylic acids is 1. The van der Waals surface area contributed by atoms with Crippen molar-refractivity contribution < 1.29 is 19.4 Å². The molecule has 0 aliphatic heterocycles. The Hall–Kier alpha value is -1.06. The minimum atomic E-state index is -0.829. The third-order valence-corrected chi connectivity index (χ3v) is 2.18. The molecule has 76 valence electrons. The highest BCUT2D eigenvalue weighted by Crippen LogP contribution is 2.18. The van der Waals surface area contributed by atoms with E-state index in [0.29, 0.717) is 0 Å². The van der Waals surface area contributed by atoms with Crippen molar-refractivity contribution in [3.05, 3.63) is 0 Å². The number of carbonyl (C=O) groups excluding carboxylic acids is 1. The van der Waals surface area contributed by atoms with E-state index >= 15 is 0 Å². The Bertz CT molecular complexity index is 188. The predicted molar refractivity (Wildman–Crippen MR) is 47.2 cm³/mol. The lowest BCUT2D eigenvalue weighted by Gasteiger charge is -2.16. The zero-order valence-electron chi connectivity index (χ0n) is 8.24. The highest BCUT2D eigenvalue weighted by atomic mass is 16.5. The summed E-state index contributed by atoms with van der Waals surface area (Å²) in [4.78, 5) is 21.2. The van der Waals surface area contributed by atoms with Gasteiger partial charge < -0.3 is 9.84 Å². The molecule has 0 bridgehead atoms. The molecule has 4 nitrogen and oxygen atoms in total. The molecular formula is C9H16O4. The van der Waals surface area contributed by atoms with Crippen LogP contribution in [0.4, 0.5) is 0 Å². The van der Waals surface area contributed by atoms with Crippen molar-refractivity contribution in [3.8, 4) is 0 Å². The Balaban J connectivity index is 3.88. The molecule has 0 aliphatic rings. The summed E-state index contributed by atoms with van der Waals surface area (Å²) >= 11 is 0. The zero-order valence-corrected chi connectivity index (χ0v) is 8.24. The highest BCUT2D eigenvalue weighted by Gasteiger charge is 2.18. The minimum Gasteiger partial charge on any atom is -0.481 e. The van der Waals surface area contributed by atoms with Gasteiger partial charge in [-0.3, -0.25) is 9.59 Å². The third-order valence-electron chi connectivity index (χ3n) is 2.18. The summed E-state index contributed by atoms with van der Waals surface area (Å²) in [6, 6.07) is 0. The number of methoxy groups -OCH3 is 1. The van der Waals surface area contributed by atoms with Crippen molar-refractivity contribution in [1.82, 2.24) is 0 Å². The molecule has 0 unspecified atom stereocenters. The summed E-state index contributed by atoms with van der Waals surface area (Å²) in [7, 11) is 1.33. The maximum atomic E-state index is 10.8. The van der Waals surface area contributed by atoms with Gasteiger partial charge in [0.15, 0.2) is 0 Å². The quantitative estimate of drug-likeness (QED) is 0.660. The van der Waals surface area contributed by atoms with E-state index in [0.717, 1.165) is 0 Å². The third kappa shape index (κ3) is 5.22. The molecule has 0 aromatic carbocycles. The monoisotopic (exact) mass is 188 g/mol. The van der Waals surface area contributed by atoms with Gasteiger partial charge in [-0.1, -0.05) is 13.8 Å². The SMILES string of the molecule is COC(=O)C[C@@H](C)[C@@H](C)CC(=O)O. The van der Waals surface area contributed by atoms with Gasteiger partial charge in [0.05, 0.1) is 7.11 Å². The number of hydrogen-bond donors (Lipinski definition) is 1. The van der Waals surface area contributed by atoms with Crippen LogP contribution < -0.4 is 0 Å². The molecule has 13 heavy (non-hydrogen) atoms. The van der Waals surface area contributed by atoms with Crippen LogP contribution in [0.2, 0.25) is 0 Å². The molecule has 0 fully saturated rings. The maximum absolute atomic E-state index is 10.8. The van der Waals surface area contributed by atoms with Crippen molar-refractivity contribution >= 4 is 11.9 Å². The molecule has 1 N–H and O–H groups in total. The molecule has 0 rings (SSSR count). The molecule has 0 heterocycles. The molecule has 0 amide bonds. The lowest BCUT2D eigenvalue weighted by molar-refractivity contribution is -0.143. The Morgan fingerprint density at radius 2 is 1.69 bits per heavy atom. The molecule has 0 radical (unpaired) electrons. The van der Waals surface area contributed by atoms with Crippen LogP contribution in [0.25, 0.3) is 0 Å².